The van der Waals surface area contributed by atoms with Gasteiger partial charge in [-0.2, -0.15) is 0 Å². The number of ether oxygens (including phenoxy) is 1. The van der Waals surface area contributed by atoms with Gasteiger partial charge in [-0.15, -0.1) is 0 Å². The zero-order valence-electron chi connectivity index (χ0n) is 21.8. The molecule has 1 fully saturated rings. The van der Waals surface area contributed by atoms with Crippen molar-refractivity contribution in [1.82, 2.24) is 19.8 Å². The number of methoxy groups -OCH3 is 1. The van der Waals surface area contributed by atoms with Crippen LogP contribution in [0.4, 0.5) is 11.4 Å². The van der Waals surface area contributed by atoms with Crippen LogP contribution in [-0.2, 0) is 9.59 Å². The van der Waals surface area contributed by atoms with E-state index in [2.05, 4.69) is 20.6 Å². The van der Waals surface area contributed by atoms with Crippen molar-refractivity contribution < 1.29 is 14.3 Å². The summed E-state index contributed by atoms with van der Waals surface area (Å²) in [7, 11) is 1.63. The fourth-order valence-corrected chi connectivity index (χ4v) is 4.98. The van der Waals surface area contributed by atoms with Crippen molar-refractivity contribution in [3.05, 3.63) is 65.9 Å². The molecule has 0 aliphatic carbocycles. The molecular weight excluding hydrogens is 516 g/mol. The number of pyridine rings is 2. The summed E-state index contributed by atoms with van der Waals surface area (Å²) in [5.41, 5.74) is 3.50. The smallest absolute Gasteiger partial charge is 0.224 e. The summed E-state index contributed by atoms with van der Waals surface area (Å²) >= 11 is 6.07. The van der Waals surface area contributed by atoms with Gasteiger partial charge in [-0.25, -0.2) is 0 Å². The molecule has 2 aromatic heterocycles. The van der Waals surface area contributed by atoms with Crippen molar-refractivity contribution in [3.63, 3.8) is 0 Å². The highest BCUT2D eigenvalue weighted by Gasteiger charge is 2.23. The summed E-state index contributed by atoms with van der Waals surface area (Å²) in [6.07, 6.45) is 4.22. The summed E-state index contributed by atoms with van der Waals surface area (Å²) in [4.78, 5) is 38.0. The molecule has 0 atom stereocenters. The van der Waals surface area contributed by atoms with Crippen molar-refractivity contribution >= 4 is 56.6 Å². The molecule has 4 aromatic rings. The van der Waals surface area contributed by atoms with Gasteiger partial charge < -0.3 is 25.2 Å². The van der Waals surface area contributed by atoms with Crippen LogP contribution in [0.2, 0.25) is 5.02 Å². The van der Waals surface area contributed by atoms with Crippen LogP contribution < -0.4 is 15.4 Å². The summed E-state index contributed by atoms with van der Waals surface area (Å²) < 4.78 is 5.28. The van der Waals surface area contributed by atoms with Crippen LogP contribution in [0.1, 0.15) is 12.8 Å². The molecule has 0 bridgehead atoms. The summed E-state index contributed by atoms with van der Waals surface area (Å²) in [5.74, 6) is 0.921. The molecule has 3 heterocycles. The highest BCUT2D eigenvalue weighted by atomic mass is 35.5. The topological polar surface area (TPSA) is 99.7 Å². The van der Waals surface area contributed by atoms with Crippen LogP contribution in [0.25, 0.3) is 21.8 Å². The summed E-state index contributed by atoms with van der Waals surface area (Å²) in [5, 5.41) is 9.29. The Bertz CT molecular complexity index is 1490. The van der Waals surface area contributed by atoms with Gasteiger partial charge in [0.05, 0.1) is 18.1 Å². The number of aromatic nitrogens is 2. The Hall–Kier alpha value is -4.11. The number of nitrogens with zero attached hydrogens (tertiary/aromatic N) is 4. The lowest BCUT2D eigenvalue weighted by atomic mass is 10.1. The molecule has 10 heteroatoms. The molecule has 0 spiro atoms. The minimum atomic E-state index is 0.0823. The van der Waals surface area contributed by atoms with Crippen molar-refractivity contribution in [2.24, 2.45) is 0 Å². The van der Waals surface area contributed by atoms with Crippen LogP contribution in [0.3, 0.4) is 0 Å². The van der Waals surface area contributed by atoms with E-state index in [1.807, 2.05) is 58.3 Å². The first kappa shape index (κ1) is 26.5. The second kappa shape index (κ2) is 12.2. The second-order valence-electron chi connectivity index (χ2n) is 9.38. The van der Waals surface area contributed by atoms with Crippen LogP contribution in [0.15, 0.2) is 60.9 Å². The number of hydrogen-bond acceptors (Lipinski definition) is 7. The number of fused-ring (bicyclic) bond motifs is 2. The average molecular weight is 547 g/mol. The molecule has 2 amide bonds. The maximum absolute atomic E-state index is 12.8. The Morgan fingerprint density at radius 1 is 0.795 bits per heavy atom. The number of amides is 2. The molecule has 2 N–H and O–H groups in total. The summed E-state index contributed by atoms with van der Waals surface area (Å²) in [6, 6.07) is 15.1. The molecule has 1 aliphatic heterocycles. The Labute approximate surface area is 232 Å². The van der Waals surface area contributed by atoms with E-state index in [1.54, 1.807) is 19.5 Å². The van der Waals surface area contributed by atoms with Crippen molar-refractivity contribution in [1.29, 1.82) is 0 Å². The molecule has 9 nitrogen and oxygen atoms in total. The van der Waals surface area contributed by atoms with Gasteiger partial charge in [0.2, 0.25) is 11.8 Å². The minimum absolute atomic E-state index is 0.0823. The number of carbonyl (C=O) groups excluding carboxylic acids is 2. The number of carbonyl (C=O) groups is 2. The molecule has 2 aromatic carbocycles. The van der Waals surface area contributed by atoms with Gasteiger partial charge in [-0.05, 0) is 42.5 Å². The molecule has 0 saturated carbocycles. The molecule has 202 valence electrons. The van der Waals surface area contributed by atoms with Crippen LogP contribution in [-0.4, -0.2) is 78.0 Å². The normalized spacial score (nSPS) is 13.5. The number of benzene rings is 2. The van der Waals surface area contributed by atoms with Gasteiger partial charge >= 0.3 is 0 Å². The van der Waals surface area contributed by atoms with Gasteiger partial charge in [0, 0.05) is 97.7 Å². The van der Waals surface area contributed by atoms with Crippen molar-refractivity contribution in [2.75, 3.05) is 57.0 Å². The number of rotatable bonds is 9. The quantitative estimate of drug-likeness (QED) is 0.320. The first-order chi connectivity index (χ1) is 19.0. The standard InChI is InChI=1S/C29H31ClN6O3/c1-39-21-3-5-23-25(7-11-34-27(23)19-21)32-13-9-29(38)36-16-14-35(15-17-36)28(37)8-12-31-24-6-10-33-26-18-20(30)2-4-22(24)26/h2-7,10-11,18-19H,8-9,12-17H2,1H3,(H,31,33)(H,32,34). The monoisotopic (exact) mass is 546 g/mol. The molecule has 5 rings (SSSR count). The Kier molecular flexibility index (Phi) is 8.27. The Morgan fingerprint density at radius 2 is 1.31 bits per heavy atom. The maximum atomic E-state index is 12.8. The lowest BCUT2D eigenvalue weighted by Gasteiger charge is -2.35. The highest BCUT2D eigenvalue weighted by Crippen LogP contribution is 2.26. The zero-order chi connectivity index (χ0) is 27.2. The number of piperazine rings is 1. The van der Waals surface area contributed by atoms with E-state index in [0.29, 0.717) is 57.1 Å². The fourth-order valence-electron chi connectivity index (χ4n) is 4.81. The highest BCUT2D eigenvalue weighted by molar-refractivity contribution is 6.31. The van der Waals surface area contributed by atoms with Gasteiger partial charge in [0.25, 0.3) is 0 Å². The van der Waals surface area contributed by atoms with E-state index in [0.717, 1.165) is 38.9 Å². The largest absolute Gasteiger partial charge is 0.497 e. The van der Waals surface area contributed by atoms with Gasteiger partial charge in [0.1, 0.15) is 5.75 Å². The molecule has 0 unspecified atom stereocenters. The second-order valence-corrected chi connectivity index (χ2v) is 9.81. The summed E-state index contributed by atoms with van der Waals surface area (Å²) in [6.45, 7) is 3.22. The van der Waals surface area contributed by atoms with Gasteiger partial charge in [0.15, 0.2) is 0 Å². The number of nitrogens with one attached hydrogen (secondary N) is 2. The predicted molar refractivity (Wildman–Crippen MR) is 154 cm³/mol. The fraction of sp³-hybridized carbons (Fsp3) is 0.310. The lowest BCUT2D eigenvalue weighted by Crippen LogP contribution is -2.51. The molecular formula is C29H31ClN6O3. The zero-order valence-corrected chi connectivity index (χ0v) is 22.6. The van der Waals surface area contributed by atoms with Gasteiger partial charge in [-0.3, -0.25) is 19.6 Å². The minimum Gasteiger partial charge on any atom is -0.497 e. The lowest BCUT2D eigenvalue weighted by molar-refractivity contribution is -0.139. The average Bonchev–Trinajstić information content (AvgIpc) is 2.96. The van der Waals surface area contributed by atoms with E-state index >= 15 is 0 Å². The molecule has 0 radical (unpaired) electrons. The number of hydrogen-bond donors (Lipinski definition) is 2. The first-order valence-electron chi connectivity index (χ1n) is 13.0. The van der Waals surface area contributed by atoms with E-state index in [9.17, 15) is 9.59 Å². The van der Waals surface area contributed by atoms with E-state index in [-0.39, 0.29) is 11.8 Å². The van der Waals surface area contributed by atoms with Crippen molar-refractivity contribution in [3.8, 4) is 5.75 Å². The Morgan fingerprint density at radius 3 is 1.85 bits per heavy atom. The third-order valence-corrected chi connectivity index (χ3v) is 7.18. The van der Waals surface area contributed by atoms with Crippen LogP contribution >= 0.6 is 11.6 Å². The molecule has 39 heavy (non-hydrogen) atoms. The van der Waals surface area contributed by atoms with Crippen LogP contribution in [0, 0.1) is 0 Å². The maximum Gasteiger partial charge on any atom is 0.224 e. The predicted octanol–water partition coefficient (Wildman–Crippen LogP) is 4.42. The number of anilines is 2. The number of halogens is 1. The third kappa shape index (κ3) is 6.31. The van der Waals surface area contributed by atoms with Crippen molar-refractivity contribution in [2.45, 2.75) is 12.8 Å². The first-order valence-corrected chi connectivity index (χ1v) is 13.4. The van der Waals surface area contributed by atoms with E-state index in [4.69, 9.17) is 16.3 Å². The third-order valence-electron chi connectivity index (χ3n) is 6.95. The van der Waals surface area contributed by atoms with E-state index in [1.165, 1.54) is 0 Å². The van der Waals surface area contributed by atoms with E-state index < -0.39 is 0 Å². The SMILES string of the molecule is COc1ccc2c(NCCC(=O)N3CCN(C(=O)CCNc4ccnc5cc(Cl)ccc45)CC3)ccnc2c1. The Balaban J connectivity index is 1.05. The molecule has 1 saturated heterocycles. The van der Waals surface area contributed by atoms with Crippen LogP contribution in [0.5, 0.6) is 5.75 Å². The molecule has 1 aliphatic rings. The van der Waals surface area contributed by atoms with Gasteiger partial charge in [-0.1, -0.05) is 11.6 Å².